The van der Waals surface area contributed by atoms with Crippen LogP contribution in [0, 0.1) is 5.82 Å². The highest BCUT2D eigenvalue weighted by Gasteiger charge is 2.44. The predicted octanol–water partition coefficient (Wildman–Crippen LogP) is 3.57. The average molecular weight is 481 g/mol. The fourth-order valence-electron chi connectivity index (χ4n) is 3.32. The number of rotatable bonds is 5. The molecule has 1 aromatic rings. The Morgan fingerprint density at radius 1 is 1.37 bits per heavy atom. The minimum atomic E-state index is -0.624. The largest absolute Gasteiger partial charge is 0.383 e. The highest BCUT2D eigenvalue weighted by atomic mass is 79.9. The molecule has 1 unspecified atom stereocenters. The van der Waals surface area contributed by atoms with E-state index in [2.05, 4.69) is 15.9 Å². The first-order valence-electron chi connectivity index (χ1n) is 9.41. The highest BCUT2D eigenvalue weighted by molar-refractivity contribution is 9.12. The molecule has 3 N–H and O–H groups in total. The van der Waals surface area contributed by atoms with Gasteiger partial charge in [0.1, 0.15) is 16.1 Å². The summed E-state index contributed by atoms with van der Waals surface area (Å²) < 4.78 is 27.2. The lowest BCUT2D eigenvalue weighted by atomic mass is 9.94. The molecule has 0 radical (unpaired) electrons. The van der Waals surface area contributed by atoms with Gasteiger partial charge < -0.3 is 15.5 Å². The lowest BCUT2D eigenvalue weighted by molar-refractivity contribution is -0.124. The molecule has 0 bridgehead atoms. The molecule has 2 aliphatic rings. The van der Waals surface area contributed by atoms with Crippen LogP contribution in [0.5, 0.6) is 0 Å². The molecule has 160 valence electrons. The van der Waals surface area contributed by atoms with E-state index in [0.717, 1.165) is 12.8 Å². The van der Waals surface area contributed by atoms with Gasteiger partial charge in [-0.2, -0.15) is 0 Å². The Balaban J connectivity index is 1.85. The van der Waals surface area contributed by atoms with Gasteiger partial charge in [0.05, 0.1) is 11.6 Å². The molecule has 1 atom stereocenters. The lowest BCUT2D eigenvalue weighted by Crippen LogP contribution is -2.38. The van der Waals surface area contributed by atoms with E-state index >= 15 is 0 Å². The van der Waals surface area contributed by atoms with Crippen LogP contribution in [0.3, 0.4) is 0 Å². The van der Waals surface area contributed by atoms with Crippen molar-refractivity contribution in [2.45, 2.75) is 38.3 Å². The Labute approximate surface area is 182 Å². The van der Waals surface area contributed by atoms with Crippen LogP contribution in [-0.4, -0.2) is 40.2 Å². The highest BCUT2D eigenvalue weighted by Crippen LogP contribution is 2.41. The smallest absolute Gasteiger partial charge is 0.269 e. The van der Waals surface area contributed by atoms with Crippen LogP contribution < -0.4 is 11.3 Å². The van der Waals surface area contributed by atoms with Crippen LogP contribution in [0.2, 0.25) is 0 Å². The molecule has 1 aromatic carbocycles. The fourth-order valence-corrected chi connectivity index (χ4v) is 3.60. The van der Waals surface area contributed by atoms with E-state index in [-0.39, 0.29) is 21.5 Å². The Morgan fingerprint density at radius 2 is 2.03 bits per heavy atom. The van der Waals surface area contributed by atoms with Gasteiger partial charge in [0.15, 0.2) is 0 Å². The molecule has 0 spiro atoms. The van der Waals surface area contributed by atoms with Crippen molar-refractivity contribution in [1.82, 2.24) is 15.3 Å². The summed E-state index contributed by atoms with van der Waals surface area (Å²) in [6, 6.07) is 3.94. The molecule has 3 rings (SSSR count). The predicted molar refractivity (Wildman–Crippen MR) is 114 cm³/mol. The molecule has 1 heterocycles. The fraction of sp³-hybridized carbons (Fsp3) is 0.333. The van der Waals surface area contributed by atoms with Crippen molar-refractivity contribution in [3.05, 3.63) is 63.8 Å². The van der Waals surface area contributed by atoms with Crippen LogP contribution in [0.25, 0.3) is 5.57 Å². The van der Waals surface area contributed by atoms with Crippen LogP contribution in [-0.2, 0) is 4.79 Å². The Hall–Kier alpha value is -2.68. The average Bonchev–Trinajstić information content (AvgIpc) is 3.49. The van der Waals surface area contributed by atoms with E-state index in [0.29, 0.717) is 11.1 Å². The number of benzene rings is 1. The quantitative estimate of drug-likeness (QED) is 0.498. The zero-order chi connectivity index (χ0) is 22.2. The molecular formula is C21H23BrF2N4O2. The van der Waals surface area contributed by atoms with Gasteiger partial charge in [-0.05, 0) is 72.0 Å². The van der Waals surface area contributed by atoms with Gasteiger partial charge in [0, 0.05) is 18.8 Å². The first-order valence-corrected chi connectivity index (χ1v) is 10.2. The number of allylic oxidation sites excluding steroid dienone is 2. The molecule has 0 aromatic heterocycles. The topological polar surface area (TPSA) is 78.7 Å². The van der Waals surface area contributed by atoms with Gasteiger partial charge in [-0.3, -0.25) is 9.59 Å². The monoisotopic (exact) mass is 480 g/mol. The SMILES string of the molecule is CC1C(c2ccc(C(=O)N(C)C3(C)CC3)c(F)c2)=CC=CN1C(=O)/C(Br)=C(\N)NF. The molecule has 30 heavy (non-hydrogen) atoms. The molecule has 1 fully saturated rings. The zero-order valence-electron chi connectivity index (χ0n) is 16.9. The summed E-state index contributed by atoms with van der Waals surface area (Å²) >= 11 is 2.99. The number of carbonyl (C=O) groups excluding carboxylic acids is 2. The van der Waals surface area contributed by atoms with Crippen LogP contribution in [0.15, 0.2) is 46.9 Å². The third-order valence-corrected chi connectivity index (χ3v) is 6.54. The van der Waals surface area contributed by atoms with Gasteiger partial charge >= 0.3 is 0 Å². The third kappa shape index (κ3) is 3.98. The number of nitrogens with two attached hydrogens (primary N) is 1. The van der Waals surface area contributed by atoms with Crippen LogP contribution >= 0.6 is 15.9 Å². The van der Waals surface area contributed by atoms with Gasteiger partial charge in [-0.15, -0.1) is 4.48 Å². The molecule has 1 aliphatic carbocycles. The number of hydrogen-bond donors (Lipinski definition) is 2. The number of carbonyl (C=O) groups is 2. The minimum Gasteiger partial charge on any atom is -0.383 e. The van der Waals surface area contributed by atoms with Crippen molar-refractivity contribution in [3.63, 3.8) is 0 Å². The number of nitrogens with one attached hydrogen (secondary N) is 1. The summed E-state index contributed by atoms with van der Waals surface area (Å²) in [4.78, 5) is 28.2. The Kier molecular flexibility index (Phi) is 6.03. The lowest BCUT2D eigenvalue weighted by Gasteiger charge is -2.31. The second-order valence-electron chi connectivity index (χ2n) is 7.73. The molecule has 9 heteroatoms. The number of hydrogen-bond acceptors (Lipinski definition) is 4. The van der Waals surface area contributed by atoms with E-state index in [4.69, 9.17) is 5.73 Å². The summed E-state index contributed by atoms with van der Waals surface area (Å²) in [5.74, 6) is -1.98. The maximum atomic E-state index is 14.8. The van der Waals surface area contributed by atoms with Crippen molar-refractivity contribution < 1.29 is 18.5 Å². The summed E-state index contributed by atoms with van der Waals surface area (Å²) in [6.45, 7) is 3.73. The first-order chi connectivity index (χ1) is 14.1. The maximum Gasteiger partial charge on any atom is 0.269 e. The molecule has 1 saturated carbocycles. The molecule has 2 amide bonds. The number of halogens is 3. The number of amides is 2. The third-order valence-electron chi connectivity index (χ3n) is 5.77. The van der Waals surface area contributed by atoms with E-state index < -0.39 is 23.6 Å². The molecule has 6 nitrogen and oxygen atoms in total. The Bertz CT molecular complexity index is 985. The second kappa shape index (κ2) is 8.22. The minimum absolute atomic E-state index is 0.00869. The summed E-state index contributed by atoms with van der Waals surface area (Å²) in [5.41, 5.74) is 7.65. The maximum absolute atomic E-state index is 14.8. The zero-order valence-corrected chi connectivity index (χ0v) is 18.5. The standard InChI is InChI=1S/C21H23BrF2N4O2/c1-12-14(5-4-10-28(12)20(30)17(22)18(25)26-24)13-6-7-15(16(23)11-13)19(29)27(3)21(2)8-9-21/h4-7,10-12,26H,8-9,25H2,1-3H3/b18-17-. The number of nitrogens with zero attached hydrogens (tertiary/aromatic N) is 2. The molecule has 0 saturated heterocycles. The second-order valence-corrected chi connectivity index (χ2v) is 8.52. The van der Waals surface area contributed by atoms with E-state index in [1.807, 2.05) is 6.92 Å². The normalized spacial score (nSPS) is 20.3. The van der Waals surface area contributed by atoms with Gasteiger partial charge in [0.25, 0.3) is 11.8 Å². The molecular weight excluding hydrogens is 458 g/mol. The first kappa shape index (κ1) is 22.0. The van der Waals surface area contributed by atoms with Crippen molar-refractivity contribution in [2.75, 3.05) is 7.05 Å². The van der Waals surface area contributed by atoms with Gasteiger partial charge in [0.2, 0.25) is 0 Å². The van der Waals surface area contributed by atoms with Crippen molar-refractivity contribution >= 4 is 33.3 Å². The van der Waals surface area contributed by atoms with Crippen molar-refractivity contribution in [1.29, 1.82) is 0 Å². The van der Waals surface area contributed by atoms with E-state index in [9.17, 15) is 18.5 Å². The Morgan fingerprint density at radius 3 is 2.60 bits per heavy atom. The summed E-state index contributed by atoms with van der Waals surface area (Å²) in [6.07, 6.45) is 6.73. The van der Waals surface area contributed by atoms with E-state index in [1.54, 1.807) is 37.1 Å². The van der Waals surface area contributed by atoms with Crippen molar-refractivity contribution in [2.24, 2.45) is 5.73 Å². The summed E-state index contributed by atoms with van der Waals surface area (Å²) in [7, 11) is 1.69. The van der Waals surface area contributed by atoms with Crippen LogP contribution in [0.1, 0.15) is 42.6 Å². The van der Waals surface area contributed by atoms with Crippen molar-refractivity contribution in [3.8, 4) is 0 Å². The van der Waals surface area contributed by atoms with Crippen LogP contribution in [0.4, 0.5) is 8.87 Å². The van der Waals surface area contributed by atoms with Gasteiger partial charge in [-0.25, -0.2) is 9.93 Å². The molecule has 1 aliphatic heterocycles. The van der Waals surface area contributed by atoms with Gasteiger partial charge in [-0.1, -0.05) is 12.1 Å². The summed E-state index contributed by atoms with van der Waals surface area (Å²) in [5, 5.41) is 0. The van der Waals surface area contributed by atoms with E-state index in [1.165, 1.54) is 28.8 Å².